The summed E-state index contributed by atoms with van der Waals surface area (Å²) in [4.78, 5) is 0. The quantitative estimate of drug-likeness (QED) is 0.487. The largest absolute Gasteiger partial charge is 0.252 e. The third-order valence-electron chi connectivity index (χ3n) is 2.04. The minimum Gasteiger partial charge on any atom is -0.252 e. The summed E-state index contributed by atoms with van der Waals surface area (Å²) in [7, 11) is 0. The van der Waals surface area contributed by atoms with E-state index in [4.69, 9.17) is 0 Å². The molecule has 1 saturated carbocycles. The van der Waals surface area contributed by atoms with Crippen LogP contribution < -0.4 is 0 Å². The van der Waals surface area contributed by atoms with E-state index in [0.717, 1.165) is 5.92 Å². The van der Waals surface area contributed by atoms with Gasteiger partial charge in [0.05, 0.1) is 0 Å². The second-order valence-corrected chi connectivity index (χ2v) is 6.92. The van der Waals surface area contributed by atoms with Crippen molar-refractivity contribution in [3.8, 4) is 0 Å². The molecule has 66 valence electrons. The van der Waals surface area contributed by atoms with Gasteiger partial charge in [-0.25, -0.2) is 0 Å². The molecular formula is C9H19NS. The number of nitrogens with zero attached hydrogens (tertiary/aromatic N) is 1. The first-order valence-corrected chi connectivity index (χ1v) is 6.02. The van der Waals surface area contributed by atoms with Gasteiger partial charge in [-0.1, -0.05) is 20.8 Å². The van der Waals surface area contributed by atoms with E-state index in [-0.39, 0.29) is 11.1 Å². The Morgan fingerprint density at radius 3 is 2.27 bits per heavy atom. The molecule has 0 aromatic carbocycles. The topological polar surface area (TPSA) is 12.4 Å². The zero-order valence-corrected chi connectivity index (χ0v) is 8.86. The molecule has 1 aliphatic carbocycles. The van der Waals surface area contributed by atoms with Crippen molar-refractivity contribution in [2.24, 2.45) is 10.3 Å². The van der Waals surface area contributed by atoms with Gasteiger partial charge in [-0.3, -0.25) is 4.40 Å². The van der Waals surface area contributed by atoms with Crippen molar-refractivity contribution in [2.45, 2.75) is 38.4 Å². The predicted octanol–water partition coefficient (Wildman–Crippen LogP) is 2.81. The molecule has 1 nitrogen and oxygen atoms in total. The third kappa shape index (κ3) is 3.28. The van der Waals surface area contributed by atoms with Crippen molar-refractivity contribution < 1.29 is 0 Å². The predicted molar refractivity (Wildman–Crippen MR) is 55.9 cm³/mol. The van der Waals surface area contributed by atoms with Crippen LogP contribution >= 0.6 is 11.1 Å². The molecule has 1 fully saturated rings. The lowest BCUT2D eigenvalue weighted by Crippen LogP contribution is -2.12. The fourth-order valence-corrected chi connectivity index (χ4v) is 1.35. The molecule has 0 bridgehead atoms. The van der Waals surface area contributed by atoms with Crippen LogP contribution in [-0.2, 0) is 0 Å². The molecule has 1 aliphatic rings. The molecule has 0 aliphatic heterocycles. The van der Waals surface area contributed by atoms with Crippen LogP contribution in [0.15, 0.2) is 4.40 Å². The number of rotatable bonds is 2. The highest BCUT2D eigenvalue weighted by atomic mass is 32.2. The fraction of sp³-hybridized carbons (Fsp3) is 0.889. The lowest BCUT2D eigenvalue weighted by atomic mass is 10.3. The van der Waals surface area contributed by atoms with Gasteiger partial charge in [0.1, 0.15) is 0 Å². The first-order chi connectivity index (χ1) is 5.00. The smallest absolute Gasteiger partial charge is 0.0135 e. The highest BCUT2D eigenvalue weighted by molar-refractivity contribution is 8.16. The number of hydrogen-bond donors (Lipinski definition) is 1. The highest BCUT2D eigenvalue weighted by Crippen LogP contribution is 2.39. The Bertz CT molecular complexity index is 153. The average Bonchev–Trinajstić information content (AvgIpc) is 2.62. The van der Waals surface area contributed by atoms with Gasteiger partial charge in [0.25, 0.3) is 0 Å². The Morgan fingerprint density at radius 2 is 1.91 bits per heavy atom. The van der Waals surface area contributed by atoms with Crippen LogP contribution in [0, 0.1) is 5.92 Å². The SMILES string of the molecule is C[SH](/N=C/C1CC1)C(C)(C)C. The summed E-state index contributed by atoms with van der Waals surface area (Å²) >= 11 is -0.145. The van der Waals surface area contributed by atoms with Gasteiger partial charge in [-0.2, -0.15) is 11.1 Å². The van der Waals surface area contributed by atoms with Gasteiger partial charge in [-0.05, 0) is 25.0 Å². The van der Waals surface area contributed by atoms with Crippen LogP contribution in [0.25, 0.3) is 0 Å². The Balaban J connectivity index is 2.34. The van der Waals surface area contributed by atoms with E-state index in [2.05, 4.69) is 37.6 Å². The van der Waals surface area contributed by atoms with E-state index in [0.29, 0.717) is 4.75 Å². The molecule has 0 aromatic rings. The average molecular weight is 173 g/mol. The molecule has 1 rings (SSSR count). The van der Waals surface area contributed by atoms with Crippen molar-refractivity contribution in [2.75, 3.05) is 6.26 Å². The molecule has 0 spiro atoms. The van der Waals surface area contributed by atoms with Crippen molar-refractivity contribution >= 4 is 17.3 Å². The van der Waals surface area contributed by atoms with E-state index in [1.165, 1.54) is 12.8 Å². The molecule has 0 heterocycles. The summed E-state index contributed by atoms with van der Waals surface area (Å²) in [6.07, 6.45) is 7.18. The zero-order chi connectivity index (χ0) is 8.48. The standard InChI is InChI=1S/C9H19NS/c1-9(2,3)11(4)10-7-8-5-6-8/h7-8,11H,5-6H2,1-4H3/b10-7+. The van der Waals surface area contributed by atoms with Gasteiger partial charge >= 0.3 is 0 Å². The van der Waals surface area contributed by atoms with Gasteiger partial charge in [0.2, 0.25) is 0 Å². The van der Waals surface area contributed by atoms with Gasteiger partial charge in [0, 0.05) is 11.0 Å². The van der Waals surface area contributed by atoms with Crippen LogP contribution in [0.1, 0.15) is 33.6 Å². The van der Waals surface area contributed by atoms with Crippen molar-refractivity contribution in [3.05, 3.63) is 0 Å². The lowest BCUT2D eigenvalue weighted by molar-refractivity contribution is 0.797. The second kappa shape index (κ2) is 3.18. The van der Waals surface area contributed by atoms with E-state index in [1.54, 1.807) is 0 Å². The number of hydrogen-bond acceptors (Lipinski definition) is 1. The number of thiol groups is 1. The molecule has 11 heavy (non-hydrogen) atoms. The van der Waals surface area contributed by atoms with Gasteiger partial charge < -0.3 is 0 Å². The van der Waals surface area contributed by atoms with Crippen LogP contribution in [-0.4, -0.2) is 17.2 Å². The minimum absolute atomic E-state index is 0.145. The first-order valence-electron chi connectivity index (χ1n) is 4.28. The van der Waals surface area contributed by atoms with E-state index in [9.17, 15) is 0 Å². The summed E-state index contributed by atoms with van der Waals surface area (Å²) in [5, 5.41) is 0. The summed E-state index contributed by atoms with van der Waals surface area (Å²) in [6.45, 7) is 6.80. The maximum Gasteiger partial charge on any atom is 0.0135 e. The molecular weight excluding hydrogens is 154 g/mol. The maximum absolute atomic E-state index is 4.60. The molecule has 1 atom stereocenters. The second-order valence-electron chi connectivity index (χ2n) is 4.30. The zero-order valence-electron chi connectivity index (χ0n) is 7.96. The van der Waals surface area contributed by atoms with E-state index < -0.39 is 0 Å². The molecule has 1 unspecified atom stereocenters. The van der Waals surface area contributed by atoms with Crippen LogP contribution in [0.2, 0.25) is 0 Å². The van der Waals surface area contributed by atoms with Crippen LogP contribution in [0.3, 0.4) is 0 Å². The molecule has 0 radical (unpaired) electrons. The third-order valence-corrected chi connectivity index (χ3v) is 4.46. The van der Waals surface area contributed by atoms with Gasteiger partial charge in [-0.15, -0.1) is 0 Å². The summed E-state index contributed by atoms with van der Waals surface area (Å²) < 4.78 is 4.99. The van der Waals surface area contributed by atoms with E-state index in [1.807, 2.05) is 0 Å². The summed E-state index contributed by atoms with van der Waals surface area (Å²) in [5.74, 6) is 0.835. The van der Waals surface area contributed by atoms with Crippen molar-refractivity contribution in [3.63, 3.8) is 0 Å². The lowest BCUT2D eigenvalue weighted by Gasteiger charge is -2.27. The van der Waals surface area contributed by atoms with Crippen LogP contribution in [0.4, 0.5) is 0 Å². The normalized spacial score (nSPS) is 24.2. The molecule has 0 saturated heterocycles. The monoisotopic (exact) mass is 173 g/mol. The van der Waals surface area contributed by atoms with Crippen molar-refractivity contribution in [1.29, 1.82) is 0 Å². The maximum atomic E-state index is 4.60. The molecule has 0 aromatic heterocycles. The fourth-order valence-electron chi connectivity index (χ4n) is 0.613. The Kier molecular flexibility index (Phi) is 2.63. The first kappa shape index (κ1) is 9.11. The van der Waals surface area contributed by atoms with Crippen LogP contribution in [0.5, 0.6) is 0 Å². The summed E-state index contributed by atoms with van der Waals surface area (Å²) in [6, 6.07) is 0. The summed E-state index contributed by atoms with van der Waals surface area (Å²) in [5.41, 5.74) is 0. The Hall–Kier alpha value is 0.0200. The molecule has 0 amide bonds. The Morgan fingerprint density at radius 1 is 1.36 bits per heavy atom. The molecule has 0 N–H and O–H groups in total. The Labute approximate surface area is 72.8 Å². The minimum atomic E-state index is -0.145. The van der Waals surface area contributed by atoms with Gasteiger partial charge in [0.15, 0.2) is 0 Å². The van der Waals surface area contributed by atoms with E-state index >= 15 is 0 Å². The highest BCUT2D eigenvalue weighted by Gasteiger charge is 2.20. The molecule has 2 heteroatoms. The van der Waals surface area contributed by atoms with Crippen molar-refractivity contribution in [1.82, 2.24) is 0 Å².